The van der Waals surface area contributed by atoms with Gasteiger partial charge in [-0.15, -0.1) is 12.4 Å². The van der Waals surface area contributed by atoms with Crippen molar-refractivity contribution in [1.29, 1.82) is 0 Å². The number of nitrogens with one attached hydrogen (secondary N) is 3. The molecule has 1 aromatic carbocycles. The molecule has 3 N–H and O–H groups in total. The van der Waals surface area contributed by atoms with Gasteiger partial charge in [0.1, 0.15) is 5.82 Å². The maximum absolute atomic E-state index is 13.1. The smallest absolute Gasteiger partial charge is 0.252 e. The van der Waals surface area contributed by atoms with Crippen molar-refractivity contribution >= 4 is 40.2 Å². The molecule has 1 fully saturated rings. The third-order valence-electron chi connectivity index (χ3n) is 3.47. The highest BCUT2D eigenvalue weighted by molar-refractivity contribution is 9.10. The van der Waals surface area contributed by atoms with Gasteiger partial charge in [0, 0.05) is 30.0 Å². The van der Waals surface area contributed by atoms with E-state index in [1.807, 2.05) is 0 Å². The fourth-order valence-corrected chi connectivity index (χ4v) is 2.76. The van der Waals surface area contributed by atoms with Crippen LogP contribution in [-0.4, -0.2) is 37.5 Å². The van der Waals surface area contributed by atoms with E-state index in [1.165, 1.54) is 12.1 Å². The molecule has 1 aromatic rings. The summed E-state index contributed by atoms with van der Waals surface area (Å²) in [6.45, 7) is 1.99. The third kappa shape index (κ3) is 6.45. The van der Waals surface area contributed by atoms with Crippen LogP contribution < -0.4 is 16.0 Å². The Morgan fingerprint density at radius 3 is 2.87 bits per heavy atom. The SMILES string of the molecule is Cl.O=C(CCNC(=O)c1cc(F)ccc1Br)NC1CCCNC1. The normalized spacial score (nSPS) is 17.0. The molecule has 1 aliphatic rings. The van der Waals surface area contributed by atoms with Gasteiger partial charge < -0.3 is 16.0 Å². The topological polar surface area (TPSA) is 70.2 Å². The van der Waals surface area contributed by atoms with Gasteiger partial charge in [0.2, 0.25) is 5.91 Å². The summed E-state index contributed by atoms with van der Waals surface area (Å²) < 4.78 is 13.7. The van der Waals surface area contributed by atoms with Crippen molar-refractivity contribution in [2.24, 2.45) is 0 Å². The first-order chi connectivity index (χ1) is 10.6. The van der Waals surface area contributed by atoms with Crippen LogP contribution in [0, 0.1) is 5.82 Å². The van der Waals surface area contributed by atoms with Crippen molar-refractivity contribution in [2.75, 3.05) is 19.6 Å². The van der Waals surface area contributed by atoms with Crippen molar-refractivity contribution < 1.29 is 14.0 Å². The highest BCUT2D eigenvalue weighted by Gasteiger charge is 2.16. The summed E-state index contributed by atoms with van der Waals surface area (Å²) in [6.07, 6.45) is 2.23. The van der Waals surface area contributed by atoms with Gasteiger partial charge in [0.15, 0.2) is 0 Å². The van der Waals surface area contributed by atoms with E-state index in [4.69, 9.17) is 0 Å². The summed E-state index contributed by atoms with van der Waals surface area (Å²) in [5.41, 5.74) is 0.219. The molecule has 1 aliphatic heterocycles. The molecule has 0 saturated carbocycles. The summed E-state index contributed by atoms with van der Waals surface area (Å²) in [4.78, 5) is 23.7. The van der Waals surface area contributed by atoms with E-state index in [9.17, 15) is 14.0 Å². The molecule has 1 saturated heterocycles. The Kier molecular flexibility index (Phi) is 8.51. The molecular weight excluding hydrogens is 389 g/mol. The number of carbonyl (C=O) groups excluding carboxylic acids is 2. The molecule has 128 valence electrons. The number of piperidine rings is 1. The van der Waals surface area contributed by atoms with Gasteiger partial charge in [0.05, 0.1) is 5.56 Å². The fraction of sp³-hybridized carbons (Fsp3) is 0.467. The number of benzene rings is 1. The third-order valence-corrected chi connectivity index (χ3v) is 4.16. The molecule has 0 aliphatic carbocycles. The first-order valence-electron chi connectivity index (χ1n) is 7.29. The molecule has 23 heavy (non-hydrogen) atoms. The van der Waals surface area contributed by atoms with Crippen LogP contribution in [0.3, 0.4) is 0 Å². The minimum Gasteiger partial charge on any atom is -0.352 e. The molecule has 1 unspecified atom stereocenters. The summed E-state index contributed by atoms with van der Waals surface area (Å²) in [5.74, 6) is -0.971. The van der Waals surface area contributed by atoms with E-state index in [1.54, 1.807) is 0 Å². The Hall–Kier alpha value is -1.18. The lowest BCUT2D eigenvalue weighted by Gasteiger charge is -2.23. The highest BCUT2D eigenvalue weighted by Crippen LogP contribution is 2.17. The molecule has 2 rings (SSSR count). The molecule has 0 spiro atoms. The second-order valence-corrected chi connectivity index (χ2v) is 6.10. The molecule has 8 heteroatoms. The number of rotatable bonds is 5. The molecule has 2 amide bonds. The maximum Gasteiger partial charge on any atom is 0.252 e. The number of amides is 2. The quantitative estimate of drug-likeness (QED) is 0.698. The van der Waals surface area contributed by atoms with Crippen LogP contribution in [0.25, 0.3) is 0 Å². The Balaban J connectivity index is 0.00000264. The minimum absolute atomic E-state index is 0. The minimum atomic E-state index is -0.476. The van der Waals surface area contributed by atoms with E-state index in [-0.39, 0.29) is 42.9 Å². The van der Waals surface area contributed by atoms with Gasteiger partial charge in [-0.2, -0.15) is 0 Å². The van der Waals surface area contributed by atoms with Gasteiger partial charge in [-0.25, -0.2) is 4.39 Å². The molecule has 1 atom stereocenters. The Morgan fingerprint density at radius 1 is 1.39 bits per heavy atom. The van der Waals surface area contributed by atoms with E-state index in [0.29, 0.717) is 4.47 Å². The largest absolute Gasteiger partial charge is 0.352 e. The summed E-state index contributed by atoms with van der Waals surface area (Å²) in [5, 5.41) is 8.78. The monoisotopic (exact) mass is 407 g/mol. The zero-order chi connectivity index (χ0) is 15.9. The maximum atomic E-state index is 13.1. The Morgan fingerprint density at radius 2 is 2.17 bits per heavy atom. The number of hydrogen-bond donors (Lipinski definition) is 3. The van der Waals surface area contributed by atoms with Crippen molar-refractivity contribution in [3.05, 3.63) is 34.1 Å². The second-order valence-electron chi connectivity index (χ2n) is 5.24. The second kappa shape index (κ2) is 9.85. The summed E-state index contributed by atoms with van der Waals surface area (Å²) in [7, 11) is 0. The Labute approximate surface area is 149 Å². The molecule has 5 nitrogen and oxygen atoms in total. The van der Waals surface area contributed by atoms with Gasteiger partial charge in [-0.05, 0) is 53.5 Å². The number of hydrogen-bond acceptors (Lipinski definition) is 3. The van der Waals surface area contributed by atoms with Crippen LogP contribution in [0.15, 0.2) is 22.7 Å². The molecule has 0 aromatic heterocycles. The molecule has 1 heterocycles. The van der Waals surface area contributed by atoms with Crippen LogP contribution in [-0.2, 0) is 4.79 Å². The lowest BCUT2D eigenvalue weighted by Crippen LogP contribution is -2.46. The van der Waals surface area contributed by atoms with Crippen LogP contribution in [0.5, 0.6) is 0 Å². The predicted molar refractivity (Wildman–Crippen MR) is 92.3 cm³/mol. The summed E-state index contributed by atoms with van der Waals surface area (Å²) in [6, 6.07) is 4.07. The average molecular weight is 409 g/mol. The van der Waals surface area contributed by atoms with Gasteiger partial charge in [0.25, 0.3) is 5.91 Å². The van der Waals surface area contributed by atoms with Gasteiger partial charge in [-0.3, -0.25) is 9.59 Å². The van der Waals surface area contributed by atoms with Crippen molar-refractivity contribution in [1.82, 2.24) is 16.0 Å². The van der Waals surface area contributed by atoms with E-state index >= 15 is 0 Å². The van der Waals surface area contributed by atoms with E-state index < -0.39 is 11.7 Å². The molecule has 0 radical (unpaired) electrons. The van der Waals surface area contributed by atoms with Crippen molar-refractivity contribution in [3.8, 4) is 0 Å². The predicted octanol–water partition coefficient (Wildman–Crippen LogP) is 2.00. The average Bonchev–Trinajstić information content (AvgIpc) is 2.50. The zero-order valence-corrected chi connectivity index (χ0v) is 14.9. The van der Waals surface area contributed by atoms with Crippen LogP contribution in [0.2, 0.25) is 0 Å². The molecule has 0 bridgehead atoms. The number of halogens is 3. The van der Waals surface area contributed by atoms with Crippen LogP contribution in [0.4, 0.5) is 4.39 Å². The lowest BCUT2D eigenvalue weighted by molar-refractivity contribution is -0.121. The Bertz CT molecular complexity index is 554. The van der Waals surface area contributed by atoms with Crippen molar-refractivity contribution in [3.63, 3.8) is 0 Å². The fourth-order valence-electron chi connectivity index (χ4n) is 2.33. The zero-order valence-electron chi connectivity index (χ0n) is 12.5. The first-order valence-corrected chi connectivity index (χ1v) is 8.09. The van der Waals surface area contributed by atoms with E-state index in [0.717, 1.165) is 32.0 Å². The molecular formula is C15H20BrClFN3O2. The van der Waals surface area contributed by atoms with Gasteiger partial charge in [-0.1, -0.05) is 0 Å². The lowest BCUT2D eigenvalue weighted by atomic mass is 10.1. The summed E-state index contributed by atoms with van der Waals surface area (Å²) >= 11 is 3.20. The first kappa shape index (κ1) is 19.9. The highest BCUT2D eigenvalue weighted by atomic mass is 79.9. The van der Waals surface area contributed by atoms with Crippen LogP contribution >= 0.6 is 28.3 Å². The standard InChI is InChI=1S/C15H19BrFN3O2.ClH/c16-13-4-3-10(17)8-12(13)15(22)19-7-5-14(21)20-11-2-1-6-18-9-11;/h3-4,8,11,18H,1-2,5-7,9H2,(H,19,22)(H,20,21);1H. The van der Waals surface area contributed by atoms with Crippen LogP contribution in [0.1, 0.15) is 29.6 Å². The number of carbonyl (C=O) groups is 2. The van der Waals surface area contributed by atoms with Crippen molar-refractivity contribution in [2.45, 2.75) is 25.3 Å². The van der Waals surface area contributed by atoms with E-state index in [2.05, 4.69) is 31.9 Å². The van der Waals surface area contributed by atoms with Gasteiger partial charge >= 0.3 is 0 Å².